The SMILES string of the molecule is CCCC(C)(C(=O)C(C)(CCC)[Si](OC)(OC)OC)[Si](OC)(OC)OC. The molecule has 0 aliphatic carbocycles. The molecule has 0 N–H and O–H groups in total. The molecule has 2 unspecified atom stereocenters. The number of carbonyl (C=O) groups excluding carboxylic acids is 1. The van der Waals surface area contributed by atoms with Crippen LogP contribution in [0.4, 0.5) is 0 Å². The van der Waals surface area contributed by atoms with Gasteiger partial charge in [0.2, 0.25) is 0 Å². The van der Waals surface area contributed by atoms with Gasteiger partial charge in [-0.25, -0.2) is 0 Å². The molecule has 26 heavy (non-hydrogen) atoms. The lowest BCUT2D eigenvalue weighted by atomic mass is 9.87. The molecular formula is C17H38O7Si2. The molecule has 7 nitrogen and oxygen atoms in total. The van der Waals surface area contributed by atoms with E-state index in [9.17, 15) is 4.79 Å². The molecule has 0 aromatic carbocycles. The van der Waals surface area contributed by atoms with Gasteiger partial charge in [-0.05, 0) is 26.7 Å². The zero-order valence-electron chi connectivity index (χ0n) is 18.2. The largest absolute Gasteiger partial charge is 0.514 e. The molecule has 0 saturated heterocycles. The van der Waals surface area contributed by atoms with Crippen LogP contribution >= 0.6 is 0 Å². The van der Waals surface area contributed by atoms with Crippen LogP contribution in [0.3, 0.4) is 0 Å². The third kappa shape index (κ3) is 4.00. The Hall–Kier alpha value is -0.136. The van der Waals surface area contributed by atoms with E-state index in [2.05, 4.69) is 0 Å². The third-order valence-electron chi connectivity index (χ3n) is 5.47. The van der Waals surface area contributed by atoms with Crippen molar-refractivity contribution in [3.05, 3.63) is 0 Å². The van der Waals surface area contributed by atoms with Crippen LogP contribution in [0.15, 0.2) is 0 Å². The predicted molar refractivity (Wildman–Crippen MR) is 105 cm³/mol. The van der Waals surface area contributed by atoms with Crippen LogP contribution in [0.25, 0.3) is 0 Å². The molecule has 0 saturated carbocycles. The minimum atomic E-state index is -3.30. The van der Waals surface area contributed by atoms with E-state index in [1.165, 1.54) is 42.7 Å². The first-order valence-electron chi connectivity index (χ1n) is 9.00. The quantitative estimate of drug-likeness (QED) is 0.406. The molecule has 0 aliphatic rings. The number of hydrogen-bond acceptors (Lipinski definition) is 7. The Morgan fingerprint density at radius 1 is 0.654 bits per heavy atom. The van der Waals surface area contributed by atoms with Gasteiger partial charge in [-0.1, -0.05) is 26.7 Å². The van der Waals surface area contributed by atoms with Crippen molar-refractivity contribution in [2.45, 2.75) is 63.5 Å². The van der Waals surface area contributed by atoms with Gasteiger partial charge in [-0.2, -0.15) is 0 Å². The van der Waals surface area contributed by atoms with Crippen molar-refractivity contribution in [3.8, 4) is 0 Å². The van der Waals surface area contributed by atoms with E-state index in [-0.39, 0.29) is 5.78 Å². The predicted octanol–water partition coefficient (Wildman–Crippen LogP) is 3.43. The van der Waals surface area contributed by atoms with Crippen LogP contribution < -0.4 is 0 Å². The van der Waals surface area contributed by atoms with Gasteiger partial charge in [0.25, 0.3) is 0 Å². The molecule has 0 aromatic rings. The smallest absolute Gasteiger partial charge is 0.376 e. The average molecular weight is 411 g/mol. The first-order chi connectivity index (χ1) is 12.1. The summed E-state index contributed by atoms with van der Waals surface area (Å²) in [6.07, 6.45) is 2.68. The Labute approximate surface area is 161 Å². The molecule has 0 radical (unpaired) electrons. The molecule has 0 spiro atoms. The topological polar surface area (TPSA) is 72.5 Å². The Morgan fingerprint density at radius 2 is 0.885 bits per heavy atom. The summed E-state index contributed by atoms with van der Waals surface area (Å²) in [5.41, 5.74) is 0. The van der Waals surface area contributed by atoms with Crippen molar-refractivity contribution >= 4 is 23.4 Å². The van der Waals surface area contributed by atoms with Crippen molar-refractivity contribution in [1.29, 1.82) is 0 Å². The second kappa shape index (κ2) is 10.4. The van der Waals surface area contributed by atoms with Crippen LogP contribution in [-0.2, 0) is 31.4 Å². The van der Waals surface area contributed by atoms with E-state index in [0.717, 1.165) is 12.8 Å². The summed E-state index contributed by atoms with van der Waals surface area (Å²) < 4.78 is 34.4. The fraction of sp³-hybridized carbons (Fsp3) is 0.941. The normalized spacial score (nSPS) is 17.6. The van der Waals surface area contributed by atoms with Gasteiger partial charge in [0, 0.05) is 42.7 Å². The average Bonchev–Trinajstić information content (AvgIpc) is 2.65. The Kier molecular flexibility index (Phi) is 10.4. The van der Waals surface area contributed by atoms with Crippen LogP contribution in [-0.4, -0.2) is 66.1 Å². The van der Waals surface area contributed by atoms with E-state index in [4.69, 9.17) is 26.6 Å². The molecular weight excluding hydrogens is 372 g/mol. The van der Waals surface area contributed by atoms with E-state index >= 15 is 0 Å². The molecule has 0 bridgehead atoms. The minimum absolute atomic E-state index is 0.0527. The van der Waals surface area contributed by atoms with Crippen LogP contribution in [0, 0.1) is 0 Å². The monoisotopic (exact) mass is 410 g/mol. The van der Waals surface area contributed by atoms with Gasteiger partial charge in [-0.3, -0.25) is 4.79 Å². The number of hydrogen-bond donors (Lipinski definition) is 0. The third-order valence-corrected chi connectivity index (χ3v) is 12.3. The van der Waals surface area contributed by atoms with Crippen LogP contribution in [0.2, 0.25) is 10.1 Å². The highest BCUT2D eigenvalue weighted by Gasteiger charge is 2.70. The molecule has 9 heteroatoms. The summed E-state index contributed by atoms with van der Waals surface area (Å²) in [7, 11) is 2.59. The summed E-state index contributed by atoms with van der Waals surface area (Å²) in [6.45, 7) is 7.79. The van der Waals surface area contributed by atoms with Gasteiger partial charge < -0.3 is 26.6 Å². The molecule has 0 rings (SSSR count). The van der Waals surface area contributed by atoms with E-state index < -0.39 is 27.7 Å². The maximum atomic E-state index is 14.1. The van der Waals surface area contributed by atoms with Gasteiger partial charge in [0.05, 0.1) is 10.1 Å². The summed E-state index contributed by atoms with van der Waals surface area (Å²) in [4.78, 5) is 14.1. The maximum absolute atomic E-state index is 14.1. The Bertz CT molecular complexity index is 386. The van der Waals surface area contributed by atoms with Crippen LogP contribution in [0.1, 0.15) is 53.4 Å². The Morgan fingerprint density at radius 3 is 1.04 bits per heavy atom. The lowest BCUT2D eigenvalue weighted by Crippen LogP contribution is -2.64. The van der Waals surface area contributed by atoms with E-state index in [1.807, 2.05) is 27.7 Å². The standard InChI is InChI=1S/C17H38O7Si2/c1-11-13-16(3,25(19-5,20-6)21-7)15(18)17(4,14-12-2)26(22-8,23-9)24-10/h11-14H2,1-10H3. The maximum Gasteiger partial charge on any atom is 0.514 e. The van der Waals surface area contributed by atoms with Crippen molar-refractivity contribution in [1.82, 2.24) is 0 Å². The van der Waals surface area contributed by atoms with Crippen LogP contribution in [0.5, 0.6) is 0 Å². The zero-order chi connectivity index (χ0) is 20.6. The molecule has 0 aliphatic heterocycles. The molecule has 0 amide bonds. The zero-order valence-corrected chi connectivity index (χ0v) is 20.2. The number of rotatable bonds is 14. The second-order valence-electron chi connectivity index (χ2n) is 6.83. The fourth-order valence-corrected chi connectivity index (χ4v) is 10.3. The summed E-state index contributed by atoms with van der Waals surface area (Å²) >= 11 is 0. The summed E-state index contributed by atoms with van der Waals surface area (Å²) in [5.74, 6) is -0.0527. The molecule has 0 heterocycles. The lowest BCUT2D eigenvalue weighted by Gasteiger charge is -2.48. The molecule has 0 aromatic heterocycles. The minimum Gasteiger partial charge on any atom is -0.376 e. The molecule has 2 atom stereocenters. The molecule has 156 valence electrons. The van der Waals surface area contributed by atoms with Gasteiger partial charge >= 0.3 is 17.6 Å². The number of ketones is 1. The second-order valence-corrected chi connectivity index (χ2v) is 13.7. The number of carbonyl (C=O) groups is 1. The van der Waals surface area contributed by atoms with E-state index in [0.29, 0.717) is 12.8 Å². The highest BCUT2D eigenvalue weighted by Crippen LogP contribution is 2.56. The number of Topliss-reactive ketones (excluding diaryl/α,β-unsaturated/α-hetero) is 1. The Balaban J connectivity index is 6.61. The first-order valence-corrected chi connectivity index (χ1v) is 12.4. The van der Waals surface area contributed by atoms with Crippen molar-refractivity contribution in [3.63, 3.8) is 0 Å². The van der Waals surface area contributed by atoms with Gasteiger partial charge in [-0.15, -0.1) is 0 Å². The highest BCUT2D eigenvalue weighted by atomic mass is 28.4. The van der Waals surface area contributed by atoms with Crippen molar-refractivity contribution in [2.75, 3.05) is 42.7 Å². The summed E-state index contributed by atoms with van der Waals surface area (Å²) in [5, 5.41) is -1.92. The molecule has 0 fully saturated rings. The lowest BCUT2D eigenvalue weighted by molar-refractivity contribution is -0.129. The summed E-state index contributed by atoms with van der Waals surface area (Å²) in [6, 6.07) is 0. The first kappa shape index (κ1) is 25.9. The van der Waals surface area contributed by atoms with Gasteiger partial charge in [0.15, 0.2) is 5.78 Å². The fourth-order valence-electron chi connectivity index (χ4n) is 4.27. The van der Waals surface area contributed by atoms with Gasteiger partial charge in [0.1, 0.15) is 0 Å². The van der Waals surface area contributed by atoms with E-state index in [1.54, 1.807) is 0 Å². The van der Waals surface area contributed by atoms with Crippen molar-refractivity contribution in [2.24, 2.45) is 0 Å². The van der Waals surface area contributed by atoms with Crippen molar-refractivity contribution < 1.29 is 31.4 Å². The highest BCUT2D eigenvalue weighted by molar-refractivity contribution is 6.74.